The van der Waals surface area contributed by atoms with Crippen molar-refractivity contribution >= 4 is 23.5 Å². The van der Waals surface area contributed by atoms with Crippen LogP contribution in [0.1, 0.15) is 166 Å². The van der Waals surface area contributed by atoms with Crippen molar-refractivity contribution in [2.75, 3.05) is 19.8 Å². The molecule has 1 N–H and O–H groups in total. The monoisotopic (exact) mass is 909 g/mol. The summed E-state index contributed by atoms with van der Waals surface area (Å²) < 4.78 is 11.6. The number of aliphatic hydroxyl groups excluding tert-OH is 1. The molecule has 1 aliphatic heterocycles. The van der Waals surface area contributed by atoms with Crippen LogP contribution in [0.2, 0.25) is 0 Å². The predicted octanol–water partition coefficient (Wildman–Crippen LogP) is 18.1. The lowest BCUT2D eigenvalue weighted by Crippen LogP contribution is -2.22. The van der Waals surface area contributed by atoms with Crippen LogP contribution in [0, 0.1) is 0 Å². The number of allylic oxidation sites excluding steroid dienone is 12. The van der Waals surface area contributed by atoms with Crippen molar-refractivity contribution in [2.45, 2.75) is 192 Å². The van der Waals surface area contributed by atoms with Crippen molar-refractivity contribution in [3.63, 3.8) is 0 Å². The fraction of sp³-hybridized carbons (Fsp3) is 0.525. The topological polar surface area (TPSA) is 38.7 Å². The van der Waals surface area contributed by atoms with Crippen LogP contribution in [-0.2, 0) is 9.47 Å². The molecule has 0 bridgehead atoms. The summed E-state index contributed by atoms with van der Waals surface area (Å²) in [5.41, 5.74) is 11.2. The Morgan fingerprint density at radius 1 is 0.562 bits per heavy atom. The summed E-state index contributed by atoms with van der Waals surface area (Å²) in [4.78, 5) is 2.67. The fourth-order valence-corrected chi connectivity index (χ4v) is 10.1. The largest absolute Gasteiger partial charge is 0.392 e. The van der Waals surface area contributed by atoms with Gasteiger partial charge < -0.3 is 14.6 Å². The van der Waals surface area contributed by atoms with Gasteiger partial charge in [-0.05, 0) is 176 Å². The number of hydrogen-bond acceptors (Lipinski definition) is 5. The molecule has 0 aliphatic carbocycles. The van der Waals surface area contributed by atoms with Crippen molar-refractivity contribution in [3.8, 4) is 0 Å². The van der Waals surface area contributed by atoms with Gasteiger partial charge in [-0.15, -0.1) is 23.5 Å². The molecular formula is C59H88O3S2. The van der Waals surface area contributed by atoms with E-state index >= 15 is 0 Å². The van der Waals surface area contributed by atoms with E-state index in [2.05, 4.69) is 172 Å². The minimum absolute atomic E-state index is 0.00706. The van der Waals surface area contributed by atoms with Gasteiger partial charge in [0, 0.05) is 26.9 Å². The molecular weight excluding hydrogens is 821 g/mol. The molecule has 2 aromatic carbocycles. The smallest absolute Gasteiger partial charge is 0.158 e. The van der Waals surface area contributed by atoms with Crippen LogP contribution in [0.5, 0.6) is 0 Å². The summed E-state index contributed by atoms with van der Waals surface area (Å²) in [7, 11) is 0. The Labute approximate surface area is 401 Å². The summed E-state index contributed by atoms with van der Waals surface area (Å²) in [5.74, 6) is 0. The molecule has 3 rings (SSSR count). The second-order valence-electron chi connectivity index (χ2n) is 17.9. The van der Waals surface area contributed by atoms with Crippen LogP contribution < -0.4 is 0 Å². The van der Waals surface area contributed by atoms with E-state index < -0.39 is 0 Å². The van der Waals surface area contributed by atoms with Gasteiger partial charge in [0.2, 0.25) is 0 Å². The molecule has 0 radical (unpaired) electrons. The summed E-state index contributed by atoms with van der Waals surface area (Å²) in [6, 6.07) is 21.5. The average Bonchev–Trinajstić information content (AvgIpc) is 3.27. The first-order valence-electron chi connectivity index (χ1n) is 24.5. The number of rotatable bonds is 28. The molecule has 0 saturated carbocycles. The molecule has 0 aromatic heterocycles. The van der Waals surface area contributed by atoms with Crippen LogP contribution in [-0.4, -0.2) is 41.7 Å². The molecule has 1 fully saturated rings. The molecule has 3 nitrogen and oxygen atoms in total. The first-order chi connectivity index (χ1) is 30.9. The molecule has 3 unspecified atom stereocenters. The van der Waals surface area contributed by atoms with Gasteiger partial charge in [0.25, 0.3) is 0 Å². The van der Waals surface area contributed by atoms with E-state index in [-0.39, 0.29) is 12.9 Å². The third-order valence-corrected chi connectivity index (χ3v) is 13.5. The molecule has 0 amide bonds. The number of ether oxygens (including phenoxy) is 2. The van der Waals surface area contributed by atoms with Crippen molar-refractivity contribution in [2.24, 2.45) is 0 Å². The lowest BCUT2D eigenvalue weighted by Gasteiger charge is -2.22. The van der Waals surface area contributed by atoms with Gasteiger partial charge in [0.15, 0.2) is 6.29 Å². The Morgan fingerprint density at radius 3 is 1.39 bits per heavy atom. The highest BCUT2D eigenvalue weighted by atomic mass is 32.2. The third-order valence-electron chi connectivity index (χ3n) is 11.2. The Balaban J connectivity index is 0.000000448. The lowest BCUT2D eigenvalue weighted by atomic mass is 10.0. The van der Waals surface area contributed by atoms with Crippen LogP contribution in [0.25, 0.3) is 0 Å². The number of aliphatic hydroxyl groups is 1. The predicted molar refractivity (Wildman–Crippen MR) is 286 cm³/mol. The van der Waals surface area contributed by atoms with Gasteiger partial charge in [0.1, 0.15) is 0 Å². The Morgan fingerprint density at radius 2 is 0.984 bits per heavy atom. The van der Waals surface area contributed by atoms with Gasteiger partial charge in [-0.2, -0.15) is 0 Å². The summed E-state index contributed by atoms with van der Waals surface area (Å²) in [6.07, 6.45) is 35.6. The maximum atomic E-state index is 9.15. The van der Waals surface area contributed by atoms with Crippen molar-refractivity contribution in [1.82, 2.24) is 0 Å². The van der Waals surface area contributed by atoms with Crippen LogP contribution >= 0.6 is 23.5 Å². The molecule has 5 heteroatoms. The van der Waals surface area contributed by atoms with E-state index in [9.17, 15) is 0 Å². The van der Waals surface area contributed by atoms with E-state index in [0.717, 1.165) is 95.7 Å². The normalized spacial score (nSPS) is 17.3. The minimum Gasteiger partial charge on any atom is -0.392 e. The third kappa shape index (κ3) is 29.5. The zero-order valence-corrected chi connectivity index (χ0v) is 43.6. The van der Waals surface area contributed by atoms with Gasteiger partial charge in [-0.25, -0.2) is 0 Å². The molecule has 354 valence electrons. The fourth-order valence-electron chi connectivity index (χ4n) is 7.50. The quantitative estimate of drug-likeness (QED) is 0.0680. The van der Waals surface area contributed by atoms with Crippen molar-refractivity contribution in [1.29, 1.82) is 0 Å². The summed E-state index contributed by atoms with van der Waals surface area (Å²) in [5, 5.41) is 10.1. The molecule has 2 aromatic rings. The minimum atomic E-state index is -0.00706. The highest BCUT2D eigenvalue weighted by Crippen LogP contribution is 2.32. The highest BCUT2D eigenvalue weighted by molar-refractivity contribution is 8.00. The Kier molecular flexibility index (Phi) is 32.2. The maximum absolute atomic E-state index is 9.15. The number of hydrogen-bond donors (Lipinski definition) is 1. The molecule has 0 spiro atoms. The van der Waals surface area contributed by atoms with Crippen LogP contribution in [0.15, 0.2) is 164 Å². The van der Waals surface area contributed by atoms with Crippen LogP contribution in [0.3, 0.4) is 0 Å². The highest BCUT2D eigenvalue weighted by Gasteiger charge is 2.14. The second kappa shape index (κ2) is 36.1. The standard InChI is InChI=1S/C32H48O2S.C27H40OS/c1-6-14-26(2)15-12-16-27(3)23-31(35-30-19-8-7-9-20-30)24-28(4)17-13-18-29(5)25-34-32-21-10-11-22-33-32;1-6-12-22(2)13-10-14-23(3)19-27(29-26-17-8-7-9-18-26)20-24(4)15-11-16-25(5)21-28/h7-9,14,16,18-20,24,31-32H,6,10-13,15,17,21-23,25H2,1-5H3;7-9,12,14,16-18,20,27-28H,6,10-11,13,15,19,21H2,1-5H3/b26-14+,27-16+,28-24+,29-18+;22-12+,23-14+,24-20+,25-16+. The van der Waals surface area contributed by atoms with Gasteiger partial charge in [-0.3, -0.25) is 0 Å². The summed E-state index contributed by atoms with van der Waals surface area (Å²) >= 11 is 3.93. The van der Waals surface area contributed by atoms with Crippen molar-refractivity contribution in [3.05, 3.63) is 154 Å². The van der Waals surface area contributed by atoms with Gasteiger partial charge in [0.05, 0.1) is 13.2 Å². The summed E-state index contributed by atoms with van der Waals surface area (Å²) in [6.45, 7) is 23.8. The van der Waals surface area contributed by atoms with Crippen molar-refractivity contribution < 1.29 is 14.6 Å². The second-order valence-corrected chi connectivity index (χ2v) is 20.5. The first-order valence-corrected chi connectivity index (χ1v) is 26.2. The average molecular weight is 909 g/mol. The van der Waals surface area contributed by atoms with Crippen LogP contribution in [0.4, 0.5) is 0 Å². The first kappa shape index (κ1) is 57.1. The van der Waals surface area contributed by atoms with E-state index in [0.29, 0.717) is 17.1 Å². The Bertz CT molecular complexity index is 1790. The molecule has 1 heterocycles. The lowest BCUT2D eigenvalue weighted by molar-refractivity contribution is -0.156. The van der Waals surface area contributed by atoms with E-state index in [4.69, 9.17) is 14.6 Å². The van der Waals surface area contributed by atoms with Gasteiger partial charge in [-0.1, -0.05) is 143 Å². The molecule has 1 saturated heterocycles. The maximum Gasteiger partial charge on any atom is 0.158 e. The SMILES string of the molecule is CC/C=C(\C)CC/C=C(\C)CC(/C=C(\C)CC/C=C(\C)CO)Sc1ccccc1.CC/C=C(\C)CC/C=C(\C)CC(/C=C(\C)CC/C=C(\C)COC1CCCCO1)Sc1ccccc1. The van der Waals surface area contributed by atoms with E-state index in [1.165, 1.54) is 61.6 Å². The van der Waals surface area contributed by atoms with E-state index in [1.54, 1.807) is 0 Å². The zero-order chi connectivity index (χ0) is 46.8. The van der Waals surface area contributed by atoms with E-state index in [1.807, 2.05) is 30.4 Å². The Hall–Kier alpha value is -3.06. The number of thioether (sulfide) groups is 2. The molecule has 64 heavy (non-hydrogen) atoms. The van der Waals surface area contributed by atoms with Gasteiger partial charge >= 0.3 is 0 Å². The zero-order valence-electron chi connectivity index (χ0n) is 41.9. The number of benzene rings is 2. The molecule has 3 atom stereocenters. The molecule has 1 aliphatic rings.